The summed E-state index contributed by atoms with van der Waals surface area (Å²) in [7, 11) is 4.15. The molecule has 1 fully saturated rings. The fourth-order valence-corrected chi connectivity index (χ4v) is 4.81. The molecule has 3 N–H and O–H groups in total. The fourth-order valence-electron chi connectivity index (χ4n) is 4.81. The van der Waals surface area contributed by atoms with Crippen molar-refractivity contribution in [2.75, 3.05) is 45.6 Å². The van der Waals surface area contributed by atoms with Gasteiger partial charge in [0.1, 0.15) is 11.6 Å². The standard InChI is InChI=1S/C25H34FN5O2/c1-16-14-29-24-23(16)22(6-9-28-24)33-21-5-4-18(12-19(21)26)13-20(27)25(32)31-10-7-17(8-11-31)15-30(2)3/h4-6,9,12,16-17,20H,7-8,10-11,13-15,27H2,1-3H3,(H,28,29). The van der Waals surface area contributed by atoms with Gasteiger partial charge in [0, 0.05) is 43.9 Å². The van der Waals surface area contributed by atoms with Crippen LogP contribution in [0.5, 0.6) is 11.5 Å². The van der Waals surface area contributed by atoms with E-state index in [4.69, 9.17) is 10.5 Å². The molecule has 33 heavy (non-hydrogen) atoms. The molecular formula is C25H34FN5O2. The van der Waals surface area contributed by atoms with Gasteiger partial charge in [0.15, 0.2) is 11.6 Å². The van der Waals surface area contributed by atoms with E-state index in [-0.39, 0.29) is 17.6 Å². The van der Waals surface area contributed by atoms with Crippen molar-refractivity contribution in [1.29, 1.82) is 0 Å². The molecule has 0 saturated carbocycles. The lowest BCUT2D eigenvalue weighted by Gasteiger charge is -2.34. The van der Waals surface area contributed by atoms with E-state index in [1.165, 1.54) is 6.07 Å². The van der Waals surface area contributed by atoms with Crippen molar-refractivity contribution >= 4 is 11.7 Å². The van der Waals surface area contributed by atoms with E-state index < -0.39 is 11.9 Å². The molecule has 0 bridgehead atoms. The van der Waals surface area contributed by atoms with Gasteiger partial charge < -0.3 is 25.6 Å². The minimum absolute atomic E-state index is 0.0622. The van der Waals surface area contributed by atoms with E-state index in [1.807, 2.05) is 4.90 Å². The average molecular weight is 456 g/mol. The molecule has 1 aromatic heterocycles. The first-order valence-corrected chi connectivity index (χ1v) is 11.7. The zero-order valence-corrected chi connectivity index (χ0v) is 19.7. The highest BCUT2D eigenvalue weighted by atomic mass is 19.1. The second-order valence-corrected chi connectivity index (χ2v) is 9.56. The van der Waals surface area contributed by atoms with Crippen LogP contribution < -0.4 is 15.8 Å². The molecule has 0 aliphatic carbocycles. The van der Waals surface area contributed by atoms with E-state index in [0.29, 0.717) is 23.7 Å². The maximum atomic E-state index is 14.8. The minimum atomic E-state index is -0.683. The number of carbonyl (C=O) groups is 1. The molecule has 2 aliphatic heterocycles. The van der Waals surface area contributed by atoms with Gasteiger partial charge in [-0.05, 0) is 63.0 Å². The van der Waals surface area contributed by atoms with Crippen LogP contribution in [0.1, 0.15) is 36.8 Å². The highest BCUT2D eigenvalue weighted by Crippen LogP contribution is 2.39. The number of halogens is 1. The Balaban J connectivity index is 1.36. The van der Waals surface area contributed by atoms with Gasteiger partial charge in [-0.15, -0.1) is 0 Å². The molecule has 7 nitrogen and oxygen atoms in total. The van der Waals surface area contributed by atoms with Crippen LogP contribution in [0, 0.1) is 11.7 Å². The van der Waals surface area contributed by atoms with Crippen molar-refractivity contribution in [2.24, 2.45) is 11.7 Å². The molecule has 1 aromatic carbocycles. The first-order chi connectivity index (χ1) is 15.8. The number of anilines is 1. The van der Waals surface area contributed by atoms with Crippen molar-refractivity contribution in [1.82, 2.24) is 14.8 Å². The quantitative estimate of drug-likeness (QED) is 0.667. The average Bonchev–Trinajstić information content (AvgIpc) is 3.17. The number of carbonyl (C=O) groups excluding carboxylic acids is 1. The molecule has 8 heteroatoms. The largest absolute Gasteiger partial charge is 0.454 e. The van der Waals surface area contributed by atoms with Gasteiger partial charge in [-0.1, -0.05) is 13.0 Å². The number of nitrogens with two attached hydrogens (primary N) is 1. The molecule has 4 rings (SSSR count). The van der Waals surface area contributed by atoms with Crippen LogP contribution in [0.25, 0.3) is 0 Å². The highest BCUT2D eigenvalue weighted by molar-refractivity contribution is 5.82. The van der Waals surface area contributed by atoms with Gasteiger partial charge >= 0.3 is 0 Å². The number of piperidine rings is 1. The number of likely N-dealkylation sites (tertiary alicyclic amines) is 1. The lowest BCUT2D eigenvalue weighted by Crippen LogP contribution is -2.48. The SMILES string of the molecule is CC1CNc2nccc(Oc3ccc(CC(N)C(=O)N4CCC(CN(C)C)CC4)cc3F)c21. The smallest absolute Gasteiger partial charge is 0.239 e. The molecule has 2 aromatic rings. The van der Waals surface area contributed by atoms with Crippen molar-refractivity contribution in [3.05, 3.63) is 47.4 Å². The summed E-state index contributed by atoms with van der Waals surface area (Å²) in [4.78, 5) is 21.2. The first-order valence-electron chi connectivity index (χ1n) is 11.7. The number of aromatic nitrogens is 1. The Morgan fingerprint density at radius 2 is 2.06 bits per heavy atom. The van der Waals surface area contributed by atoms with Crippen LogP contribution in [0.3, 0.4) is 0 Å². The van der Waals surface area contributed by atoms with Crippen molar-refractivity contribution in [2.45, 2.75) is 38.1 Å². The number of amides is 1. The van der Waals surface area contributed by atoms with Gasteiger partial charge in [-0.25, -0.2) is 9.37 Å². The minimum Gasteiger partial charge on any atom is -0.454 e. The number of nitrogens with zero attached hydrogens (tertiary/aromatic N) is 3. The predicted octanol–water partition coefficient (Wildman–Crippen LogP) is 3.21. The molecular weight excluding hydrogens is 421 g/mol. The van der Waals surface area contributed by atoms with E-state index >= 15 is 0 Å². The van der Waals surface area contributed by atoms with Crippen LogP contribution >= 0.6 is 0 Å². The molecule has 2 aliphatic rings. The molecule has 178 valence electrons. The molecule has 3 heterocycles. The molecule has 1 saturated heterocycles. The van der Waals surface area contributed by atoms with Gasteiger partial charge in [-0.3, -0.25) is 4.79 Å². The fraction of sp³-hybridized carbons (Fsp3) is 0.520. The summed E-state index contributed by atoms with van der Waals surface area (Å²) in [5.74, 6) is 1.86. The number of pyridine rings is 1. The van der Waals surface area contributed by atoms with Crippen molar-refractivity contribution in [3.63, 3.8) is 0 Å². The molecule has 0 radical (unpaired) electrons. The van der Waals surface area contributed by atoms with Crippen LogP contribution in [0.4, 0.5) is 10.2 Å². The number of rotatable bonds is 7. The summed E-state index contributed by atoms with van der Waals surface area (Å²) in [6.07, 6.45) is 3.92. The third-order valence-corrected chi connectivity index (χ3v) is 6.56. The normalized spacial score (nSPS) is 19.3. The summed E-state index contributed by atoms with van der Waals surface area (Å²) in [5, 5.41) is 3.23. The van der Waals surface area contributed by atoms with Crippen molar-refractivity contribution in [3.8, 4) is 11.5 Å². The maximum Gasteiger partial charge on any atom is 0.239 e. The van der Waals surface area contributed by atoms with Gasteiger partial charge in [0.2, 0.25) is 5.91 Å². The Kier molecular flexibility index (Phi) is 7.14. The van der Waals surface area contributed by atoms with E-state index in [1.54, 1.807) is 24.4 Å². The number of ether oxygens (including phenoxy) is 1. The predicted molar refractivity (Wildman–Crippen MR) is 127 cm³/mol. The Morgan fingerprint density at radius 3 is 2.76 bits per heavy atom. The van der Waals surface area contributed by atoms with Crippen LogP contribution in [-0.4, -0.2) is 67.0 Å². The summed E-state index contributed by atoms with van der Waals surface area (Å²) >= 11 is 0. The summed E-state index contributed by atoms with van der Waals surface area (Å²) in [6, 6.07) is 5.87. The van der Waals surface area contributed by atoms with Gasteiger partial charge in [0.05, 0.1) is 6.04 Å². The zero-order valence-electron chi connectivity index (χ0n) is 19.7. The van der Waals surface area contributed by atoms with Crippen molar-refractivity contribution < 1.29 is 13.9 Å². The molecule has 2 atom stereocenters. The first kappa shape index (κ1) is 23.4. The number of nitrogens with one attached hydrogen (secondary N) is 1. The summed E-state index contributed by atoms with van der Waals surface area (Å²) < 4.78 is 20.7. The number of hydrogen-bond acceptors (Lipinski definition) is 6. The van der Waals surface area contributed by atoms with E-state index in [0.717, 1.165) is 50.4 Å². The Labute approximate surface area is 195 Å². The van der Waals surface area contributed by atoms with E-state index in [2.05, 4.69) is 36.2 Å². The van der Waals surface area contributed by atoms with Crippen LogP contribution in [0.15, 0.2) is 30.5 Å². The summed E-state index contributed by atoms with van der Waals surface area (Å²) in [5.41, 5.74) is 7.86. The zero-order chi connectivity index (χ0) is 23.5. The molecule has 2 unspecified atom stereocenters. The summed E-state index contributed by atoms with van der Waals surface area (Å²) in [6.45, 7) is 5.37. The highest BCUT2D eigenvalue weighted by Gasteiger charge is 2.27. The monoisotopic (exact) mass is 455 g/mol. The van der Waals surface area contributed by atoms with Crippen LogP contribution in [0.2, 0.25) is 0 Å². The topological polar surface area (TPSA) is 83.7 Å². The van der Waals surface area contributed by atoms with Gasteiger partial charge in [0.25, 0.3) is 0 Å². The number of fused-ring (bicyclic) bond motifs is 1. The number of hydrogen-bond donors (Lipinski definition) is 2. The lowest BCUT2D eigenvalue weighted by molar-refractivity contribution is -0.134. The Bertz CT molecular complexity index is 991. The second-order valence-electron chi connectivity index (χ2n) is 9.56. The Hall–Kier alpha value is -2.71. The molecule has 1 amide bonds. The Morgan fingerprint density at radius 1 is 1.30 bits per heavy atom. The van der Waals surface area contributed by atoms with E-state index in [9.17, 15) is 9.18 Å². The lowest BCUT2D eigenvalue weighted by atomic mass is 9.95. The third kappa shape index (κ3) is 5.45. The second kappa shape index (κ2) is 10.1. The van der Waals surface area contributed by atoms with Crippen LogP contribution in [-0.2, 0) is 11.2 Å². The number of benzene rings is 1. The molecule has 0 spiro atoms. The van der Waals surface area contributed by atoms with Gasteiger partial charge in [-0.2, -0.15) is 0 Å². The third-order valence-electron chi connectivity index (χ3n) is 6.56. The maximum absolute atomic E-state index is 14.8.